The molecular formula is C25H41BrClNO2. The second-order valence-electron chi connectivity index (χ2n) is 8.22. The van der Waals surface area contributed by atoms with E-state index in [1.54, 1.807) is 25.1 Å². The van der Waals surface area contributed by atoms with Crippen LogP contribution in [0.5, 0.6) is 5.75 Å². The first-order chi connectivity index (χ1) is 14.5. The third-order valence-electron chi connectivity index (χ3n) is 5.40. The lowest BCUT2D eigenvalue weighted by Gasteiger charge is -2.16. The van der Waals surface area contributed by atoms with Crippen LogP contribution in [0.4, 0.5) is 0 Å². The van der Waals surface area contributed by atoms with Crippen LogP contribution >= 0.6 is 27.5 Å². The van der Waals surface area contributed by atoms with Gasteiger partial charge in [-0.2, -0.15) is 0 Å². The Morgan fingerprint density at radius 1 is 0.933 bits per heavy atom. The fraction of sp³-hybridized carbons (Fsp3) is 0.720. The molecule has 0 heterocycles. The molecule has 1 aromatic carbocycles. The monoisotopic (exact) mass is 501 g/mol. The van der Waals surface area contributed by atoms with Gasteiger partial charge in [-0.3, -0.25) is 4.79 Å². The number of nitrogens with one attached hydrogen (secondary N) is 1. The van der Waals surface area contributed by atoms with Gasteiger partial charge in [0.25, 0.3) is 5.91 Å². The molecule has 0 aliphatic heterocycles. The van der Waals surface area contributed by atoms with E-state index in [1.807, 2.05) is 0 Å². The van der Waals surface area contributed by atoms with Crippen LogP contribution in [0.2, 0.25) is 5.02 Å². The Balaban J connectivity index is 1.93. The molecule has 0 spiro atoms. The lowest BCUT2D eigenvalue weighted by molar-refractivity contribution is -0.127. The normalized spacial score (nSPS) is 12.0. The Kier molecular flexibility index (Phi) is 16.3. The van der Waals surface area contributed by atoms with Crippen molar-refractivity contribution in [1.82, 2.24) is 5.32 Å². The fourth-order valence-electron chi connectivity index (χ4n) is 3.49. The van der Waals surface area contributed by atoms with E-state index in [9.17, 15) is 4.79 Å². The van der Waals surface area contributed by atoms with Crippen molar-refractivity contribution >= 4 is 33.4 Å². The van der Waals surface area contributed by atoms with Crippen molar-refractivity contribution in [3.05, 3.63) is 27.7 Å². The second-order valence-corrected chi connectivity index (χ2v) is 9.51. The Hall–Kier alpha value is -0.740. The van der Waals surface area contributed by atoms with E-state index in [1.165, 1.54) is 83.5 Å². The summed E-state index contributed by atoms with van der Waals surface area (Å²) in [5.41, 5.74) is 0. The number of amides is 1. The SMILES string of the molecule is CCCCCCCCCCCCCCCCNC(=O)C(C)Oc1ccc(Cl)cc1Br. The Morgan fingerprint density at radius 3 is 1.93 bits per heavy atom. The molecule has 30 heavy (non-hydrogen) atoms. The molecule has 0 saturated heterocycles. The summed E-state index contributed by atoms with van der Waals surface area (Å²) in [5.74, 6) is 0.546. The van der Waals surface area contributed by atoms with E-state index in [2.05, 4.69) is 28.2 Å². The van der Waals surface area contributed by atoms with Crippen molar-refractivity contribution in [2.45, 2.75) is 110 Å². The van der Waals surface area contributed by atoms with Gasteiger partial charge in [0.2, 0.25) is 0 Å². The number of hydrogen-bond acceptors (Lipinski definition) is 2. The van der Waals surface area contributed by atoms with Crippen LogP contribution in [-0.2, 0) is 4.79 Å². The third kappa shape index (κ3) is 13.5. The highest BCUT2D eigenvalue weighted by atomic mass is 79.9. The summed E-state index contributed by atoms with van der Waals surface area (Å²) >= 11 is 9.33. The zero-order valence-electron chi connectivity index (χ0n) is 19.0. The van der Waals surface area contributed by atoms with Gasteiger partial charge in [0, 0.05) is 11.6 Å². The summed E-state index contributed by atoms with van der Waals surface area (Å²) in [7, 11) is 0. The van der Waals surface area contributed by atoms with Crippen LogP contribution < -0.4 is 10.1 Å². The van der Waals surface area contributed by atoms with Gasteiger partial charge in [0.1, 0.15) is 5.75 Å². The molecule has 5 heteroatoms. The highest BCUT2D eigenvalue weighted by Crippen LogP contribution is 2.28. The number of unbranched alkanes of at least 4 members (excludes halogenated alkanes) is 13. The van der Waals surface area contributed by atoms with Crippen molar-refractivity contribution < 1.29 is 9.53 Å². The van der Waals surface area contributed by atoms with E-state index in [0.29, 0.717) is 17.3 Å². The summed E-state index contributed by atoms with van der Waals surface area (Å²) in [6, 6.07) is 5.28. The van der Waals surface area contributed by atoms with Crippen LogP contribution in [-0.4, -0.2) is 18.6 Å². The lowest BCUT2D eigenvalue weighted by Crippen LogP contribution is -2.36. The summed E-state index contributed by atoms with van der Waals surface area (Å²) in [6.07, 6.45) is 18.2. The molecular weight excluding hydrogens is 462 g/mol. The molecule has 0 bridgehead atoms. The molecule has 0 radical (unpaired) electrons. The number of ether oxygens (including phenoxy) is 1. The average molecular weight is 503 g/mol. The number of rotatable bonds is 18. The highest BCUT2D eigenvalue weighted by Gasteiger charge is 2.15. The topological polar surface area (TPSA) is 38.3 Å². The minimum atomic E-state index is -0.533. The molecule has 1 atom stereocenters. The second kappa shape index (κ2) is 17.9. The van der Waals surface area contributed by atoms with E-state index in [0.717, 1.165) is 10.9 Å². The number of carbonyl (C=O) groups is 1. The molecule has 0 saturated carbocycles. The molecule has 1 N–H and O–H groups in total. The summed E-state index contributed by atoms with van der Waals surface area (Å²) < 4.78 is 6.47. The summed E-state index contributed by atoms with van der Waals surface area (Å²) in [5, 5.41) is 3.60. The van der Waals surface area contributed by atoms with E-state index >= 15 is 0 Å². The Bertz CT molecular complexity index is 582. The maximum Gasteiger partial charge on any atom is 0.260 e. The van der Waals surface area contributed by atoms with E-state index in [4.69, 9.17) is 16.3 Å². The Labute approximate surface area is 197 Å². The molecule has 1 rings (SSSR count). The van der Waals surface area contributed by atoms with Crippen LogP contribution in [0.1, 0.15) is 104 Å². The number of hydrogen-bond donors (Lipinski definition) is 1. The Morgan fingerprint density at radius 2 is 1.43 bits per heavy atom. The van der Waals surface area contributed by atoms with E-state index in [-0.39, 0.29) is 5.91 Å². The molecule has 0 aliphatic rings. The van der Waals surface area contributed by atoms with Crippen LogP contribution in [0, 0.1) is 0 Å². The quantitative estimate of drug-likeness (QED) is 0.204. The largest absolute Gasteiger partial charge is 0.480 e. The molecule has 3 nitrogen and oxygen atoms in total. The van der Waals surface area contributed by atoms with Gasteiger partial charge in [0.05, 0.1) is 4.47 Å². The first-order valence-electron chi connectivity index (χ1n) is 11.9. The minimum absolute atomic E-state index is 0.0773. The van der Waals surface area contributed by atoms with Gasteiger partial charge in [-0.1, -0.05) is 102 Å². The van der Waals surface area contributed by atoms with Gasteiger partial charge < -0.3 is 10.1 Å². The number of halogens is 2. The average Bonchev–Trinajstić information content (AvgIpc) is 2.72. The zero-order valence-corrected chi connectivity index (χ0v) is 21.3. The van der Waals surface area contributed by atoms with Crippen molar-refractivity contribution in [3.8, 4) is 5.75 Å². The van der Waals surface area contributed by atoms with Crippen LogP contribution in [0.15, 0.2) is 22.7 Å². The van der Waals surface area contributed by atoms with Gasteiger partial charge in [-0.15, -0.1) is 0 Å². The predicted molar refractivity (Wildman–Crippen MR) is 133 cm³/mol. The molecule has 0 aromatic heterocycles. The van der Waals surface area contributed by atoms with Gasteiger partial charge in [0.15, 0.2) is 6.10 Å². The van der Waals surface area contributed by atoms with Gasteiger partial charge >= 0.3 is 0 Å². The molecule has 0 fully saturated rings. The molecule has 0 aliphatic carbocycles. The van der Waals surface area contributed by atoms with Gasteiger partial charge in [-0.25, -0.2) is 0 Å². The predicted octanol–water partition coefficient (Wildman–Crippen LogP) is 8.47. The van der Waals surface area contributed by atoms with Crippen molar-refractivity contribution in [2.75, 3.05) is 6.54 Å². The van der Waals surface area contributed by atoms with E-state index < -0.39 is 6.10 Å². The summed E-state index contributed by atoms with van der Waals surface area (Å²) in [6.45, 7) is 4.75. The zero-order chi connectivity index (χ0) is 22.0. The molecule has 1 aromatic rings. The van der Waals surface area contributed by atoms with Crippen molar-refractivity contribution in [3.63, 3.8) is 0 Å². The third-order valence-corrected chi connectivity index (χ3v) is 6.25. The standard InChI is InChI=1S/C25H41BrClNO2/c1-3-4-5-6-7-8-9-10-11-12-13-14-15-16-19-28-25(29)21(2)30-24-18-17-22(27)20-23(24)26/h17-18,20-21H,3-16,19H2,1-2H3,(H,28,29). The fourth-order valence-corrected chi connectivity index (χ4v) is 4.27. The number of carbonyl (C=O) groups excluding carboxylic acids is 1. The summed E-state index contributed by atoms with van der Waals surface area (Å²) in [4.78, 5) is 12.2. The van der Waals surface area contributed by atoms with Crippen molar-refractivity contribution in [1.29, 1.82) is 0 Å². The highest BCUT2D eigenvalue weighted by molar-refractivity contribution is 9.10. The molecule has 1 unspecified atom stereocenters. The van der Waals surface area contributed by atoms with Crippen molar-refractivity contribution in [2.24, 2.45) is 0 Å². The van der Waals surface area contributed by atoms with Crippen LogP contribution in [0.25, 0.3) is 0 Å². The molecule has 1 amide bonds. The molecule has 172 valence electrons. The maximum atomic E-state index is 12.2. The van der Waals surface area contributed by atoms with Gasteiger partial charge in [-0.05, 0) is 47.5 Å². The minimum Gasteiger partial charge on any atom is -0.480 e. The first kappa shape index (κ1) is 27.3. The first-order valence-corrected chi connectivity index (χ1v) is 13.1. The number of benzene rings is 1. The lowest BCUT2D eigenvalue weighted by atomic mass is 10.0. The van der Waals surface area contributed by atoms with Crippen LogP contribution in [0.3, 0.4) is 0 Å². The smallest absolute Gasteiger partial charge is 0.260 e. The maximum absolute atomic E-state index is 12.2.